The van der Waals surface area contributed by atoms with Gasteiger partial charge in [0.2, 0.25) is 0 Å². The largest absolute Gasteiger partial charge is 0.456 e. The van der Waals surface area contributed by atoms with Gasteiger partial charge in [-0.25, -0.2) is 8.78 Å². The van der Waals surface area contributed by atoms with E-state index < -0.39 is 18.8 Å². The molecule has 0 bridgehead atoms. The number of ether oxygens (including phenoxy) is 1. The topological polar surface area (TPSA) is 26.3 Å². The van der Waals surface area contributed by atoms with E-state index >= 15 is 0 Å². The van der Waals surface area contributed by atoms with Crippen molar-refractivity contribution in [1.29, 1.82) is 0 Å². The number of benzene rings is 3. The zero-order valence-electron chi connectivity index (χ0n) is 11.9. The third-order valence-electron chi connectivity index (χ3n) is 3.86. The number of hydrogen-bond acceptors (Lipinski definition) is 2. The Labute approximate surface area is 131 Å². The minimum atomic E-state index is -3.24. The molecule has 0 N–H and O–H groups in total. The lowest BCUT2D eigenvalue weighted by Gasteiger charge is -2.28. The van der Waals surface area contributed by atoms with Crippen molar-refractivity contribution in [2.24, 2.45) is 0 Å². The highest BCUT2D eigenvalue weighted by Crippen LogP contribution is 2.51. The van der Waals surface area contributed by atoms with Crippen LogP contribution in [0.3, 0.4) is 0 Å². The molecule has 0 saturated heterocycles. The van der Waals surface area contributed by atoms with Crippen molar-refractivity contribution in [2.75, 3.05) is 0 Å². The van der Waals surface area contributed by atoms with E-state index in [1.807, 2.05) is 6.07 Å². The normalized spacial score (nSPS) is 14.5. The molecule has 0 radical (unpaired) electrons. The molecule has 1 aliphatic heterocycles. The molecule has 1 heterocycles. The molecular formula is C18H11F2O2P. The molecule has 1 aliphatic rings. The Kier molecular flexibility index (Phi) is 3.10. The van der Waals surface area contributed by atoms with Crippen molar-refractivity contribution in [3.8, 4) is 11.5 Å². The molecule has 23 heavy (non-hydrogen) atoms. The van der Waals surface area contributed by atoms with Gasteiger partial charge in [-0.2, -0.15) is 0 Å². The van der Waals surface area contributed by atoms with Crippen molar-refractivity contribution < 1.29 is 18.1 Å². The molecule has 0 aliphatic carbocycles. The maximum atomic E-state index is 14.0. The number of hydrogen-bond donors (Lipinski definition) is 0. The van der Waals surface area contributed by atoms with Crippen LogP contribution in [0.25, 0.3) is 0 Å². The standard InChI is InChI=1S/C18H11F2O2P/c19-12-6-8-17-15(10-12)22-16-11-13(20)7-9-18(16)23(17,21)14-4-2-1-3-5-14/h1-11H. The minimum Gasteiger partial charge on any atom is -0.456 e. The number of rotatable bonds is 1. The Balaban J connectivity index is 2.08. The SMILES string of the molecule is O=P1(c2ccccc2)c2ccc(F)cc2Oc2cc(F)ccc21. The fraction of sp³-hybridized carbons (Fsp3) is 0. The average Bonchev–Trinajstić information content (AvgIpc) is 2.55. The molecule has 3 aromatic carbocycles. The summed E-state index contributed by atoms with van der Waals surface area (Å²) in [7, 11) is -3.24. The Hall–Kier alpha value is -2.45. The zero-order valence-corrected chi connectivity index (χ0v) is 12.8. The molecule has 0 fully saturated rings. The summed E-state index contributed by atoms with van der Waals surface area (Å²) >= 11 is 0. The molecule has 4 rings (SSSR count). The van der Waals surface area contributed by atoms with Gasteiger partial charge in [-0.05, 0) is 24.3 Å². The van der Waals surface area contributed by atoms with Gasteiger partial charge in [0.1, 0.15) is 23.1 Å². The van der Waals surface area contributed by atoms with E-state index in [9.17, 15) is 13.3 Å². The first-order valence-electron chi connectivity index (χ1n) is 7.03. The molecule has 0 atom stereocenters. The summed E-state index contributed by atoms with van der Waals surface area (Å²) in [5.74, 6) is -0.669. The average molecular weight is 328 g/mol. The van der Waals surface area contributed by atoms with E-state index in [1.165, 1.54) is 36.4 Å². The second kappa shape index (κ2) is 5.04. The fourth-order valence-corrected chi connectivity index (χ4v) is 5.64. The summed E-state index contributed by atoms with van der Waals surface area (Å²) in [6.07, 6.45) is 0. The van der Waals surface area contributed by atoms with Gasteiger partial charge in [0.05, 0.1) is 10.6 Å². The first-order valence-corrected chi connectivity index (χ1v) is 8.73. The summed E-state index contributed by atoms with van der Waals surface area (Å²) in [5, 5.41) is 1.44. The highest BCUT2D eigenvalue weighted by molar-refractivity contribution is 7.85. The highest BCUT2D eigenvalue weighted by Gasteiger charge is 2.39. The lowest BCUT2D eigenvalue weighted by molar-refractivity contribution is 0.474. The first-order chi connectivity index (χ1) is 11.1. The van der Waals surface area contributed by atoms with Crippen LogP contribution >= 0.6 is 7.14 Å². The van der Waals surface area contributed by atoms with Crippen LogP contribution < -0.4 is 20.7 Å². The van der Waals surface area contributed by atoms with Crippen LogP contribution in [-0.2, 0) is 4.57 Å². The Morgan fingerprint density at radius 2 is 1.26 bits per heavy atom. The smallest absolute Gasteiger partial charge is 0.178 e. The van der Waals surface area contributed by atoms with Gasteiger partial charge in [0, 0.05) is 17.4 Å². The van der Waals surface area contributed by atoms with Gasteiger partial charge in [0.15, 0.2) is 7.14 Å². The maximum absolute atomic E-state index is 14.0. The van der Waals surface area contributed by atoms with Crippen molar-refractivity contribution >= 4 is 23.1 Å². The highest BCUT2D eigenvalue weighted by atomic mass is 31.2. The van der Waals surface area contributed by atoms with Crippen molar-refractivity contribution in [1.82, 2.24) is 0 Å². The summed E-state index contributed by atoms with van der Waals surface area (Å²) in [6, 6.07) is 16.7. The predicted octanol–water partition coefficient (Wildman–Crippen LogP) is 3.71. The molecule has 2 nitrogen and oxygen atoms in total. The van der Waals surface area contributed by atoms with E-state index in [1.54, 1.807) is 24.3 Å². The summed E-state index contributed by atoms with van der Waals surface area (Å²) < 4.78 is 46.7. The van der Waals surface area contributed by atoms with E-state index in [2.05, 4.69) is 0 Å². The van der Waals surface area contributed by atoms with Crippen molar-refractivity contribution in [2.45, 2.75) is 0 Å². The molecule has 0 saturated carbocycles. The van der Waals surface area contributed by atoms with Gasteiger partial charge >= 0.3 is 0 Å². The number of halogens is 2. The lowest BCUT2D eigenvalue weighted by Crippen LogP contribution is -2.30. The molecule has 5 heteroatoms. The summed E-state index contributed by atoms with van der Waals surface area (Å²) in [5.41, 5.74) is 0. The van der Waals surface area contributed by atoms with Crippen LogP contribution in [0.1, 0.15) is 0 Å². The number of fused-ring (bicyclic) bond motifs is 2. The monoisotopic (exact) mass is 328 g/mol. The van der Waals surface area contributed by atoms with Gasteiger partial charge in [0.25, 0.3) is 0 Å². The van der Waals surface area contributed by atoms with E-state index in [4.69, 9.17) is 4.74 Å². The molecule has 114 valence electrons. The van der Waals surface area contributed by atoms with Gasteiger partial charge in [-0.3, -0.25) is 0 Å². The van der Waals surface area contributed by atoms with Crippen molar-refractivity contribution in [3.05, 3.63) is 78.4 Å². The minimum absolute atomic E-state index is 0.162. The zero-order chi connectivity index (χ0) is 16.0. The quantitative estimate of drug-likeness (QED) is 0.498. The third kappa shape index (κ3) is 2.10. The molecular weight excluding hydrogens is 317 g/mol. The Bertz CT molecular complexity index is 899. The van der Waals surface area contributed by atoms with Crippen LogP contribution in [0.15, 0.2) is 66.7 Å². The van der Waals surface area contributed by atoms with Crippen LogP contribution in [0.2, 0.25) is 0 Å². The van der Waals surface area contributed by atoms with E-state index in [0.717, 1.165) is 0 Å². The fourth-order valence-electron chi connectivity index (χ4n) is 2.82. The van der Waals surface area contributed by atoms with Gasteiger partial charge in [-0.15, -0.1) is 0 Å². The second-order valence-corrected chi connectivity index (χ2v) is 7.97. The predicted molar refractivity (Wildman–Crippen MR) is 85.8 cm³/mol. The van der Waals surface area contributed by atoms with Crippen LogP contribution in [0.4, 0.5) is 8.78 Å². The second-order valence-electron chi connectivity index (χ2n) is 5.27. The van der Waals surface area contributed by atoms with E-state index in [-0.39, 0.29) is 11.5 Å². The third-order valence-corrected chi connectivity index (χ3v) is 6.98. The lowest BCUT2D eigenvalue weighted by atomic mass is 10.3. The molecule has 0 unspecified atom stereocenters. The molecule has 0 spiro atoms. The van der Waals surface area contributed by atoms with Gasteiger partial charge in [-0.1, -0.05) is 30.3 Å². The molecule has 0 aromatic heterocycles. The maximum Gasteiger partial charge on any atom is 0.178 e. The van der Waals surface area contributed by atoms with Gasteiger partial charge < -0.3 is 9.30 Å². The van der Waals surface area contributed by atoms with Crippen LogP contribution in [0.5, 0.6) is 11.5 Å². The van der Waals surface area contributed by atoms with Crippen LogP contribution in [0, 0.1) is 11.6 Å². The summed E-state index contributed by atoms with van der Waals surface area (Å²) in [6.45, 7) is 0. The molecule has 0 amide bonds. The van der Waals surface area contributed by atoms with E-state index in [0.29, 0.717) is 15.9 Å². The summed E-state index contributed by atoms with van der Waals surface area (Å²) in [4.78, 5) is 0. The van der Waals surface area contributed by atoms with Crippen LogP contribution in [-0.4, -0.2) is 0 Å². The Morgan fingerprint density at radius 3 is 1.78 bits per heavy atom. The Morgan fingerprint density at radius 1 is 0.739 bits per heavy atom. The van der Waals surface area contributed by atoms with Crippen molar-refractivity contribution in [3.63, 3.8) is 0 Å². The molecule has 3 aromatic rings. The first kappa shape index (κ1) is 14.2.